The van der Waals surface area contributed by atoms with Crippen molar-refractivity contribution in [2.45, 2.75) is 161 Å². The molecule has 0 spiro atoms. The van der Waals surface area contributed by atoms with E-state index in [9.17, 15) is 43.0 Å². The average Bonchev–Trinajstić information content (AvgIpc) is 0.762. The molecule has 0 radical (unpaired) electrons. The van der Waals surface area contributed by atoms with Crippen molar-refractivity contribution in [1.82, 2.24) is 0 Å². The van der Waals surface area contributed by atoms with Crippen LogP contribution in [0.4, 0.5) is 0 Å². The highest BCUT2D eigenvalue weighted by Crippen LogP contribution is 2.64. The van der Waals surface area contributed by atoms with Crippen LogP contribution in [-0.2, 0) is 56.9 Å². The van der Waals surface area contributed by atoms with Gasteiger partial charge in [0.15, 0.2) is 14.7 Å². The SMILES string of the molecule is C=C(C)C(=O)OC12CC3CC(C1)CC(C(=O)OCCS(=O)(=O)[O-])(C3)C2.C=Cc1ccc(C(C)(C)O)cc1.C=Cc1ccc(C2(O)C3CC4CC(C3)CC2C4)cc1.C=Cc1ccc(C2(O)CCCCC2)cc1.Oc1ccc([S+](c2ccccc2)c2ccccc2)cc1. The highest BCUT2D eigenvalue weighted by atomic mass is 32.2. The molecule has 91 heavy (non-hydrogen) atoms. The number of phenols is 1. The van der Waals surface area contributed by atoms with E-state index in [1.54, 1.807) is 39.0 Å². The van der Waals surface area contributed by atoms with Gasteiger partial charge in [-0.1, -0.05) is 173 Å². The summed E-state index contributed by atoms with van der Waals surface area (Å²) in [4.78, 5) is 28.5. The van der Waals surface area contributed by atoms with Crippen molar-refractivity contribution >= 4 is 51.2 Å². The van der Waals surface area contributed by atoms with Crippen LogP contribution in [0.15, 0.2) is 204 Å². The van der Waals surface area contributed by atoms with Crippen molar-refractivity contribution in [3.63, 3.8) is 0 Å². The van der Waals surface area contributed by atoms with Crippen LogP contribution in [0.1, 0.15) is 157 Å². The van der Waals surface area contributed by atoms with Crippen LogP contribution in [0, 0.1) is 40.9 Å². The molecule has 9 aliphatic rings. The minimum atomic E-state index is -4.42. The minimum Gasteiger partial charge on any atom is -0.748 e. The number of hydrogen-bond donors (Lipinski definition) is 4. The van der Waals surface area contributed by atoms with E-state index in [1.165, 1.54) is 53.2 Å². The van der Waals surface area contributed by atoms with Crippen molar-refractivity contribution in [1.29, 1.82) is 0 Å². The molecule has 6 aromatic rings. The molecule has 0 amide bonds. The molecule has 6 aromatic carbocycles. The number of benzene rings is 6. The molecule has 0 aliphatic heterocycles. The highest BCUT2D eigenvalue weighted by molar-refractivity contribution is 7.97. The number of carbonyl (C=O) groups is 2. The fourth-order valence-electron chi connectivity index (χ4n) is 16.0. The van der Waals surface area contributed by atoms with Gasteiger partial charge in [0.05, 0.1) is 49.0 Å². The van der Waals surface area contributed by atoms with E-state index >= 15 is 0 Å². The Balaban J connectivity index is 0.000000137. The number of phenolic OH excluding ortho intramolecular Hbond substituents is 1. The Bertz CT molecular complexity index is 3470. The Hall–Kier alpha value is -6.84. The zero-order chi connectivity index (χ0) is 65.2. The number of rotatable bonds is 15. The zero-order valence-corrected chi connectivity index (χ0v) is 54.9. The molecule has 2 atom stereocenters. The molecule has 9 fully saturated rings. The standard InChI is InChI=1S/C18H14OS.C18H22O.C17H24O7S.C14H18O.C11H14O/c19-15-11-13-18(14-12-15)20(16-7-3-1-4-8-16)17-9-5-2-6-10-17;1-2-12-3-5-15(6-4-12)18(19)16-8-13-7-14(10-16)11-17(18)9-13;1-11(2)14(18)24-17-8-12-5-13(9-17)7-16(6-12,10-17)15(19)23-3-4-25(20,21)22;1-2-12-6-8-13(9-7-12)14(15)10-4-3-5-11-14;1-4-9-5-7-10(8-6-9)11(2,3)12/h1-14H;2-6,13-14,16-17,19H,1,7-11H2;12-13H,1,3-10H2,2H3,(H,20,21,22);2,6-9,15H,1,3-5,10-11H2;4-8,12H,1H2,2-3H3. The number of esters is 2. The number of carbonyl (C=O) groups excluding carboxylic acids is 2. The zero-order valence-electron chi connectivity index (χ0n) is 53.2. The van der Waals surface area contributed by atoms with E-state index in [2.05, 4.69) is 99.1 Å². The number of ether oxygens (including phenoxy) is 2. The van der Waals surface area contributed by atoms with Gasteiger partial charge in [-0.2, -0.15) is 0 Å². The van der Waals surface area contributed by atoms with Gasteiger partial charge in [-0.25, -0.2) is 13.2 Å². The maximum atomic E-state index is 12.7. The Morgan fingerprint density at radius 3 is 1.49 bits per heavy atom. The van der Waals surface area contributed by atoms with E-state index in [1.807, 2.05) is 84.9 Å². The first-order valence-electron chi connectivity index (χ1n) is 32.3. The van der Waals surface area contributed by atoms with Crippen molar-refractivity contribution in [2.75, 3.05) is 12.4 Å². The molecule has 13 heteroatoms. The second kappa shape index (κ2) is 29.4. The summed E-state index contributed by atoms with van der Waals surface area (Å²) < 4.78 is 42.9. The lowest BCUT2D eigenvalue weighted by Crippen LogP contribution is -2.60. The smallest absolute Gasteiger partial charge is 0.333 e. The molecule has 11 nitrogen and oxygen atoms in total. The lowest BCUT2D eigenvalue weighted by atomic mass is 9.48. The molecule has 9 saturated carbocycles. The van der Waals surface area contributed by atoms with Crippen molar-refractivity contribution in [3.05, 3.63) is 223 Å². The van der Waals surface area contributed by atoms with Crippen LogP contribution in [0.5, 0.6) is 5.75 Å². The molecule has 8 bridgehead atoms. The van der Waals surface area contributed by atoms with Crippen molar-refractivity contribution < 1.29 is 52.5 Å². The maximum absolute atomic E-state index is 12.7. The predicted octanol–water partition coefficient (Wildman–Crippen LogP) is 16.0. The average molecular weight is 1270 g/mol. The summed E-state index contributed by atoms with van der Waals surface area (Å²) in [6.45, 7) is 19.5. The molecule has 0 saturated heterocycles. The molecule has 0 aromatic heterocycles. The normalized spacial score (nSPS) is 26.1. The lowest BCUT2D eigenvalue weighted by molar-refractivity contribution is -0.210. The van der Waals surface area contributed by atoms with Gasteiger partial charge in [0.2, 0.25) is 0 Å². The third-order valence-corrected chi connectivity index (χ3v) is 22.8. The second-order valence-electron chi connectivity index (χ2n) is 27.2. The molecule has 4 N–H and O–H groups in total. The number of aromatic hydroxyl groups is 1. The van der Waals surface area contributed by atoms with Crippen LogP contribution < -0.4 is 0 Å². The summed E-state index contributed by atoms with van der Waals surface area (Å²) in [5.41, 5.74) is 3.50. The number of aliphatic hydroxyl groups is 3. The van der Waals surface area contributed by atoms with E-state index in [4.69, 9.17) is 9.47 Å². The molecule has 0 heterocycles. The van der Waals surface area contributed by atoms with Crippen LogP contribution in [0.2, 0.25) is 0 Å². The second-order valence-corrected chi connectivity index (χ2v) is 30.7. The first kappa shape index (κ1) is 68.5. The van der Waals surface area contributed by atoms with Gasteiger partial charge in [-0.3, -0.25) is 4.79 Å². The Morgan fingerprint density at radius 2 is 1.05 bits per heavy atom. The Morgan fingerprint density at radius 1 is 0.615 bits per heavy atom. The third-order valence-electron chi connectivity index (χ3n) is 19.9. The van der Waals surface area contributed by atoms with Crippen LogP contribution in [-0.4, -0.2) is 63.3 Å². The van der Waals surface area contributed by atoms with Crippen molar-refractivity contribution in [2.24, 2.45) is 40.9 Å². The summed E-state index contributed by atoms with van der Waals surface area (Å²) in [6, 6.07) is 52.7. The third kappa shape index (κ3) is 17.1. The Labute approximate surface area is 543 Å². The first-order valence-corrected chi connectivity index (χ1v) is 35.1. The lowest BCUT2D eigenvalue weighted by Gasteiger charge is -2.59. The van der Waals surface area contributed by atoms with Crippen LogP contribution in [0.25, 0.3) is 18.2 Å². The summed E-state index contributed by atoms with van der Waals surface area (Å²) in [6.07, 6.45) is 21.4. The quantitative estimate of drug-likeness (QED) is 0.0331. The molecular formula is C78H92O11S2. The van der Waals surface area contributed by atoms with E-state index in [0.717, 1.165) is 90.2 Å². The number of hydrogen-bond acceptors (Lipinski definition) is 11. The maximum Gasteiger partial charge on any atom is 0.333 e. The predicted molar refractivity (Wildman–Crippen MR) is 362 cm³/mol. The van der Waals surface area contributed by atoms with Gasteiger partial charge in [-0.05, 0) is 215 Å². The largest absolute Gasteiger partial charge is 0.748 e. The van der Waals surface area contributed by atoms with Gasteiger partial charge in [0, 0.05) is 12.0 Å². The van der Waals surface area contributed by atoms with E-state index in [-0.39, 0.29) is 22.7 Å². The molecular weight excluding hydrogens is 1180 g/mol. The van der Waals surface area contributed by atoms with Gasteiger partial charge >= 0.3 is 11.9 Å². The fraction of sp³-hybridized carbons (Fsp3) is 0.410. The molecule has 15 rings (SSSR count). The van der Waals surface area contributed by atoms with Gasteiger partial charge in [0.25, 0.3) is 0 Å². The molecule has 2 unspecified atom stereocenters. The fourth-order valence-corrected chi connectivity index (χ4v) is 18.3. The topological polar surface area (TPSA) is 191 Å². The first-order chi connectivity index (χ1) is 43.3. The van der Waals surface area contributed by atoms with E-state index < -0.39 is 62.2 Å². The monoisotopic (exact) mass is 1270 g/mol. The van der Waals surface area contributed by atoms with Crippen molar-refractivity contribution in [3.8, 4) is 5.75 Å². The Kier molecular flexibility index (Phi) is 22.1. The highest BCUT2D eigenvalue weighted by Gasteiger charge is 2.63. The minimum absolute atomic E-state index is 0.134. The van der Waals surface area contributed by atoms with E-state index in [0.29, 0.717) is 42.4 Å². The summed E-state index contributed by atoms with van der Waals surface area (Å²) in [5, 5.41) is 41.0. The van der Waals surface area contributed by atoms with Gasteiger partial charge in [0.1, 0.15) is 18.0 Å². The summed E-state index contributed by atoms with van der Waals surface area (Å²) in [5.74, 6) is 2.03. The van der Waals surface area contributed by atoms with Crippen LogP contribution >= 0.6 is 0 Å². The molecule has 482 valence electrons. The summed E-state index contributed by atoms with van der Waals surface area (Å²) in [7, 11) is -4.55. The van der Waals surface area contributed by atoms with Crippen LogP contribution in [0.3, 0.4) is 0 Å². The summed E-state index contributed by atoms with van der Waals surface area (Å²) >= 11 is 0. The van der Waals surface area contributed by atoms with Gasteiger partial charge < -0.3 is 34.5 Å². The van der Waals surface area contributed by atoms with Gasteiger partial charge in [-0.15, -0.1) is 0 Å². The molecule has 9 aliphatic carbocycles.